The van der Waals surface area contributed by atoms with Crippen LogP contribution in [0.4, 0.5) is 17.5 Å². The summed E-state index contributed by atoms with van der Waals surface area (Å²) in [5.74, 6) is 1.29. The topological polar surface area (TPSA) is 53.9 Å². The Hall–Kier alpha value is -2.95. The molecule has 3 aromatic rings. The van der Waals surface area contributed by atoms with Crippen molar-refractivity contribution in [2.24, 2.45) is 0 Å². The number of hydrogen-bond acceptors (Lipinski definition) is 5. The lowest BCUT2D eigenvalue weighted by Crippen LogP contribution is -2.28. The van der Waals surface area contributed by atoms with Crippen molar-refractivity contribution in [1.82, 2.24) is 15.2 Å². The summed E-state index contributed by atoms with van der Waals surface area (Å²) < 4.78 is 0. The first-order valence-electron chi connectivity index (χ1n) is 8.36. The van der Waals surface area contributed by atoms with Crippen LogP contribution in [0.25, 0.3) is 0 Å². The van der Waals surface area contributed by atoms with Crippen molar-refractivity contribution < 1.29 is 0 Å². The molecule has 0 amide bonds. The van der Waals surface area contributed by atoms with Crippen molar-refractivity contribution in [2.45, 2.75) is 32.9 Å². The van der Waals surface area contributed by atoms with E-state index >= 15 is 0 Å². The quantitative estimate of drug-likeness (QED) is 0.749. The van der Waals surface area contributed by atoms with Crippen molar-refractivity contribution in [3.63, 3.8) is 0 Å². The fourth-order valence-corrected chi connectivity index (χ4v) is 2.49. The van der Waals surface area contributed by atoms with E-state index in [0.29, 0.717) is 12.5 Å². The predicted octanol–water partition coefficient (Wildman–Crippen LogP) is 4.42. The molecule has 2 aromatic carbocycles. The van der Waals surface area contributed by atoms with Crippen molar-refractivity contribution in [3.8, 4) is 0 Å². The van der Waals surface area contributed by atoms with E-state index in [2.05, 4.69) is 70.4 Å². The Balaban J connectivity index is 1.96. The molecule has 0 atom stereocenters. The van der Waals surface area contributed by atoms with Crippen molar-refractivity contribution in [3.05, 3.63) is 72.4 Å². The molecule has 25 heavy (non-hydrogen) atoms. The van der Waals surface area contributed by atoms with Gasteiger partial charge in [0.1, 0.15) is 0 Å². The van der Waals surface area contributed by atoms with E-state index in [0.717, 1.165) is 11.5 Å². The zero-order chi connectivity index (χ0) is 17.7. The van der Waals surface area contributed by atoms with Crippen molar-refractivity contribution >= 4 is 17.5 Å². The number of para-hydroxylation sites is 1. The molecule has 0 saturated carbocycles. The number of anilines is 3. The molecular formula is C20H23N5. The minimum absolute atomic E-state index is 0.128. The molecule has 0 aliphatic carbocycles. The molecule has 0 aliphatic heterocycles. The fourth-order valence-electron chi connectivity index (χ4n) is 2.49. The molecule has 0 fully saturated rings. The average Bonchev–Trinajstić information content (AvgIpc) is 2.60. The van der Waals surface area contributed by atoms with Gasteiger partial charge in [-0.2, -0.15) is 10.1 Å². The molecule has 0 unspecified atom stereocenters. The van der Waals surface area contributed by atoms with Gasteiger partial charge >= 0.3 is 0 Å². The van der Waals surface area contributed by atoms with Crippen LogP contribution in [0, 0.1) is 0 Å². The molecule has 0 spiro atoms. The van der Waals surface area contributed by atoms with Crippen LogP contribution in [0.3, 0.4) is 0 Å². The van der Waals surface area contributed by atoms with E-state index in [1.807, 2.05) is 36.4 Å². The molecule has 5 nitrogen and oxygen atoms in total. The maximum Gasteiger partial charge on any atom is 0.245 e. The SMILES string of the molecule is CC(C)(C)Nc1nncc(N(Cc2ccccc2)c2ccccc2)n1. The summed E-state index contributed by atoms with van der Waals surface area (Å²) in [4.78, 5) is 6.81. The molecule has 1 heterocycles. The van der Waals surface area contributed by atoms with E-state index < -0.39 is 0 Å². The lowest BCUT2D eigenvalue weighted by Gasteiger charge is -2.25. The largest absolute Gasteiger partial charge is 0.348 e. The van der Waals surface area contributed by atoms with Crippen molar-refractivity contribution in [1.29, 1.82) is 0 Å². The highest BCUT2D eigenvalue weighted by Gasteiger charge is 2.16. The first kappa shape index (κ1) is 16.9. The third-order valence-corrected chi connectivity index (χ3v) is 3.56. The van der Waals surface area contributed by atoms with Crippen LogP contribution in [0.2, 0.25) is 0 Å². The van der Waals surface area contributed by atoms with E-state index in [1.165, 1.54) is 5.56 Å². The Bertz CT molecular complexity index is 797. The summed E-state index contributed by atoms with van der Waals surface area (Å²) in [6, 6.07) is 20.5. The Labute approximate surface area is 148 Å². The van der Waals surface area contributed by atoms with Crippen LogP contribution >= 0.6 is 0 Å². The monoisotopic (exact) mass is 333 g/mol. The fraction of sp³-hybridized carbons (Fsp3) is 0.250. The van der Waals surface area contributed by atoms with E-state index in [1.54, 1.807) is 6.20 Å². The summed E-state index contributed by atoms with van der Waals surface area (Å²) >= 11 is 0. The normalized spacial score (nSPS) is 11.2. The van der Waals surface area contributed by atoms with Crippen LogP contribution in [0.15, 0.2) is 66.9 Å². The van der Waals surface area contributed by atoms with Gasteiger partial charge in [-0.1, -0.05) is 48.5 Å². The van der Waals surface area contributed by atoms with Gasteiger partial charge in [0.05, 0.1) is 6.20 Å². The molecule has 0 saturated heterocycles. The van der Waals surface area contributed by atoms with Gasteiger partial charge in [0.25, 0.3) is 0 Å². The van der Waals surface area contributed by atoms with Crippen LogP contribution in [0.1, 0.15) is 26.3 Å². The number of benzene rings is 2. The van der Waals surface area contributed by atoms with E-state index in [-0.39, 0.29) is 5.54 Å². The molecule has 0 aliphatic rings. The number of hydrogen-bond donors (Lipinski definition) is 1. The first-order chi connectivity index (χ1) is 12.0. The molecule has 128 valence electrons. The zero-order valence-electron chi connectivity index (χ0n) is 14.8. The first-order valence-corrected chi connectivity index (χ1v) is 8.36. The summed E-state index contributed by atoms with van der Waals surface area (Å²) in [7, 11) is 0. The second-order valence-electron chi connectivity index (χ2n) is 6.92. The number of nitrogens with zero attached hydrogens (tertiary/aromatic N) is 4. The van der Waals surface area contributed by atoms with Crippen LogP contribution < -0.4 is 10.2 Å². The smallest absolute Gasteiger partial charge is 0.245 e. The van der Waals surface area contributed by atoms with Gasteiger partial charge < -0.3 is 10.2 Å². The molecule has 3 rings (SSSR count). The summed E-state index contributed by atoms with van der Waals surface area (Å²) in [6.45, 7) is 6.92. The molecule has 1 aromatic heterocycles. The van der Waals surface area contributed by atoms with Crippen LogP contribution in [0.5, 0.6) is 0 Å². The molecule has 5 heteroatoms. The van der Waals surface area contributed by atoms with Crippen LogP contribution in [-0.4, -0.2) is 20.7 Å². The highest BCUT2D eigenvalue weighted by atomic mass is 15.3. The second-order valence-corrected chi connectivity index (χ2v) is 6.92. The lowest BCUT2D eigenvalue weighted by atomic mass is 10.1. The molecule has 0 bridgehead atoms. The predicted molar refractivity (Wildman–Crippen MR) is 102 cm³/mol. The summed E-state index contributed by atoms with van der Waals surface area (Å²) in [5, 5.41) is 11.5. The zero-order valence-corrected chi connectivity index (χ0v) is 14.8. The van der Waals surface area contributed by atoms with E-state index in [4.69, 9.17) is 0 Å². The molecule has 1 N–H and O–H groups in total. The van der Waals surface area contributed by atoms with Gasteiger partial charge in [0.15, 0.2) is 5.82 Å². The highest BCUT2D eigenvalue weighted by molar-refractivity contribution is 5.60. The maximum absolute atomic E-state index is 4.67. The van der Waals surface area contributed by atoms with Gasteiger partial charge in [-0.3, -0.25) is 0 Å². The van der Waals surface area contributed by atoms with Crippen LogP contribution in [-0.2, 0) is 6.54 Å². The van der Waals surface area contributed by atoms with Gasteiger partial charge in [-0.05, 0) is 38.5 Å². The second kappa shape index (κ2) is 7.30. The van der Waals surface area contributed by atoms with Gasteiger partial charge in [-0.15, -0.1) is 5.10 Å². The third-order valence-electron chi connectivity index (χ3n) is 3.56. The van der Waals surface area contributed by atoms with Gasteiger partial charge in [0.2, 0.25) is 5.95 Å². The Morgan fingerprint density at radius 2 is 1.56 bits per heavy atom. The summed E-state index contributed by atoms with van der Waals surface area (Å²) in [5.41, 5.74) is 2.14. The lowest BCUT2D eigenvalue weighted by molar-refractivity contribution is 0.622. The Morgan fingerprint density at radius 3 is 2.20 bits per heavy atom. The number of aromatic nitrogens is 3. The number of nitrogens with one attached hydrogen (secondary N) is 1. The standard InChI is InChI=1S/C20H23N5/c1-20(2,3)23-19-22-18(14-21-24-19)25(17-12-8-5-9-13-17)15-16-10-6-4-7-11-16/h4-14H,15H2,1-3H3,(H,22,23,24). The summed E-state index contributed by atoms with van der Waals surface area (Å²) in [6.07, 6.45) is 1.70. The maximum atomic E-state index is 4.67. The van der Waals surface area contributed by atoms with E-state index in [9.17, 15) is 0 Å². The molecular weight excluding hydrogens is 310 g/mol. The molecule has 0 radical (unpaired) electrons. The number of rotatable bonds is 5. The third kappa shape index (κ3) is 4.76. The average molecular weight is 333 g/mol. The van der Waals surface area contributed by atoms with Gasteiger partial charge in [0, 0.05) is 17.8 Å². The van der Waals surface area contributed by atoms with Gasteiger partial charge in [-0.25, -0.2) is 0 Å². The Kier molecular flexibility index (Phi) is 4.93. The van der Waals surface area contributed by atoms with Crippen molar-refractivity contribution in [2.75, 3.05) is 10.2 Å². The minimum Gasteiger partial charge on any atom is -0.348 e. The Morgan fingerprint density at radius 1 is 0.920 bits per heavy atom. The minimum atomic E-state index is -0.128. The highest BCUT2D eigenvalue weighted by Crippen LogP contribution is 2.26.